The monoisotopic (exact) mass is 507 g/mol. The molecule has 27 heavy (non-hydrogen) atoms. The Morgan fingerprint density at radius 1 is 1.07 bits per heavy atom. The summed E-state index contributed by atoms with van der Waals surface area (Å²) in [7, 11) is 0. The third kappa shape index (κ3) is 9.11. The molecule has 0 spiro atoms. The minimum Gasteiger partial charge on any atom is -0.357 e. The summed E-state index contributed by atoms with van der Waals surface area (Å²) in [4.78, 5) is 12.7. The molecular weight excluding hydrogens is 469 g/mol. The van der Waals surface area contributed by atoms with E-state index < -0.39 is 0 Å². The van der Waals surface area contributed by atoms with Crippen LogP contribution in [0.4, 0.5) is 0 Å². The molecule has 1 aliphatic heterocycles. The highest BCUT2D eigenvalue weighted by Crippen LogP contribution is 2.17. The van der Waals surface area contributed by atoms with Crippen LogP contribution in [-0.4, -0.2) is 68.1 Å². The number of nitrogens with zero attached hydrogens (tertiary/aromatic N) is 3. The molecule has 1 aromatic heterocycles. The van der Waals surface area contributed by atoms with E-state index in [1.165, 1.54) is 42.5 Å². The topological polar surface area (TPSA) is 42.9 Å². The lowest BCUT2D eigenvalue weighted by atomic mass is 10.1. The Hall–Kier alpha value is -0.380. The molecule has 0 aliphatic carbocycles. The number of rotatable bonds is 9. The van der Waals surface area contributed by atoms with Crippen molar-refractivity contribution in [2.75, 3.05) is 52.4 Å². The molecule has 1 unspecified atom stereocenters. The predicted molar refractivity (Wildman–Crippen MR) is 130 cm³/mol. The highest BCUT2D eigenvalue weighted by atomic mass is 127. The maximum absolute atomic E-state index is 4.76. The number of nitrogens with one attached hydrogen (secondary N) is 2. The Balaban J connectivity index is 0.00000364. The van der Waals surface area contributed by atoms with E-state index in [9.17, 15) is 0 Å². The standard InChI is InChI=1S/C20H37N5S.HI/c1-5-18-8-9-19(26-18)15-23-20(21-6-2)22-14-17(4)16-25-12-10-24(7-3)11-13-25;/h8-9,17H,5-7,10-16H2,1-4H3,(H2,21,22,23);1H. The van der Waals surface area contributed by atoms with Gasteiger partial charge in [-0.15, -0.1) is 35.3 Å². The van der Waals surface area contributed by atoms with E-state index in [1.807, 2.05) is 11.3 Å². The predicted octanol–water partition coefficient (Wildman–Crippen LogP) is 3.26. The summed E-state index contributed by atoms with van der Waals surface area (Å²) in [5, 5.41) is 6.90. The van der Waals surface area contributed by atoms with Crippen LogP contribution in [0, 0.1) is 5.92 Å². The molecule has 156 valence electrons. The Morgan fingerprint density at radius 2 is 1.74 bits per heavy atom. The minimum atomic E-state index is 0. The molecule has 2 N–H and O–H groups in total. The number of likely N-dealkylation sites (N-methyl/N-ethyl adjacent to an activating group) is 1. The van der Waals surface area contributed by atoms with Crippen molar-refractivity contribution in [3.8, 4) is 0 Å². The molecule has 1 fully saturated rings. The van der Waals surface area contributed by atoms with Gasteiger partial charge in [0, 0.05) is 55.6 Å². The summed E-state index contributed by atoms with van der Waals surface area (Å²) in [6, 6.07) is 4.42. The van der Waals surface area contributed by atoms with Crippen molar-refractivity contribution in [2.45, 2.75) is 40.7 Å². The molecule has 0 saturated carbocycles. The van der Waals surface area contributed by atoms with Crippen LogP contribution in [0.5, 0.6) is 0 Å². The summed E-state index contributed by atoms with van der Waals surface area (Å²) in [6.07, 6.45) is 1.11. The third-order valence-electron chi connectivity index (χ3n) is 4.90. The average Bonchev–Trinajstić information content (AvgIpc) is 3.13. The van der Waals surface area contributed by atoms with E-state index >= 15 is 0 Å². The highest BCUT2D eigenvalue weighted by molar-refractivity contribution is 14.0. The third-order valence-corrected chi connectivity index (χ3v) is 6.12. The van der Waals surface area contributed by atoms with Crippen LogP contribution in [0.25, 0.3) is 0 Å². The largest absolute Gasteiger partial charge is 0.357 e. The second kappa shape index (κ2) is 13.7. The minimum absolute atomic E-state index is 0. The van der Waals surface area contributed by atoms with Crippen LogP contribution in [0.15, 0.2) is 17.1 Å². The summed E-state index contributed by atoms with van der Waals surface area (Å²) >= 11 is 1.87. The van der Waals surface area contributed by atoms with Gasteiger partial charge in [-0.2, -0.15) is 0 Å². The first-order chi connectivity index (χ1) is 12.6. The number of guanidine groups is 1. The summed E-state index contributed by atoms with van der Waals surface area (Å²) < 4.78 is 0. The number of thiophene rings is 1. The maximum Gasteiger partial charge on any atom is 0.191 e. The van der Waals surface area contributed by atoms with Crippen molar-refractivity contribution >= 4 is 41.3 Å². The fourth-order valence-corrected chi connectivity index (χ4v) is 4.14. The lowest BCUT2D eigenvalue weighted by Gasteiger charge is -2.35. The fourth-order valence-electron chi connectivity index (χ4n) is 3.26. The van der Waals surface area contributed by atoms with E-state index in [2.05, 4.69) is 60.3 Å². The van der Waals surface area contributed by atoms with Crippen molar-refractivity contribution in [3.63, 3.8) is 0 Å². The van der Waals surface area contributed by atoms with Gasteiger partial charge in [-0.3, -0.25) is 0 Å². The van der Waals surface area contributed by atoms with Crippen LogP contribution in [0.3, 0.4) is 0 Å². The van der Waals surface area contributed by atoms with Gasteiger partial charge in [0.25, 0.3) is 0 Å². The van der Waals surface area contributed by atoms with Gasteiger partial charge >= 0.3 is 0 Å². The zero-order valence-electron chi connectivity index (χ0n) is 17.5. The van der Waals surface area contributed by atoms with Crippen molar-refractivity contribution in [3.05, 3.63) is 21.9 Å². The van der Waals surface area contributed by atoms with Gasteiger partial charge in [0.2, 0.25) is 0 Å². The maximum atomic E-state index is 4.76. The lowest BCUT2D eigenvalue weighted by molar-refractivity contribution is 0.124. The Bertz CT molecular complexity index is 540. The summed E-state index contributed by atoms with van der Waals surface area (Å²) in [6.45, 7) is 18.7. The first kappa shape index (κ1) is 24.7. The van der Waals surface area contributed by atoms with E-state index in [1.54, 1.807) is 0 Å². The first-order valence-electron chi connectivity index (χ1n) is 10.2. The van der Waals surface area contributed by atoms with Gasteiger partial charge in [0.1, 0.15) is 0 Å². The SMILES string of the molecule is CCNC(=NCc1ccc(CC)s1)NCC(C)CN1CCN(CC)CC1.I. The Morgan fingerprint density at radius 3 is 2.33 bits per heavy atom. The average molecular weight is 508 g/mol. The van der Waals surface area contributed by atoms with Gasteiger partial charge < -0.3 is 20.4 Å². The van der Waals surface area contributed by atoms with Crippen LogP contribution >= 0.6 is 35.3 Å². The van der Waals surface area contributed by atoms with Crippen molar-refractivity contribution in [1.29, 1.82) is 0 Å². The molecule has 0 radical (unpaired) electrons. The molecule has 1 atom stereocenters. The summed E-state index contributed by atoms with van der Waals surface area (Å²) in [5.41, 5.74) is 0. The van der Waals surface area contributed by atoms with Gasteiger partial charge in [0.15, 0.2) is 5.96 Å². The zero-order chi connectivity index (χ0) is 18.8. The highest BCUT2D eigenvalue weighted by Gasteiger charge is 2.17. The van der Waals surface area contributed by atoms with E-state index in [0.29, 0.717) is 5.92 Å². The molecule has 5 nitrogen and oxygen atoms in total. The van der Waals surface area contributed by atoms with Crippen molar-refractivity contribution in [2.24, 2.45) is 10.9 Å². The number of aryl methyl sites for hydroxylation is 1. The van der Waals surface area contributed by atoms with Crippen LogP contribution in [0.2, 0.25) is 0 Å². The molecule has 7 heteroatoms. The molecule has 1 aliphatic rings. The molecule has 0 bridgehead atoms. The second-order valence-electron chi connectivity index (χ2n) is 7.14. The van der Waals surface area contributed by atoms with Crippen LogP contribution in [0.1, 0.15) is 37.4 Å². The van der Waals surface area contributed by atoms with Crippen LogP contribution < -0.4 is 10.6 Å². The fraction of sp³-hybridized carbons (Fsp3) is 0.750. The number of hydrogen-bond acceptors (Lipinski definition) is 4. The lowest BCUT2D eigenvalue weighted by Crippen LogP contribution is -2.48. The first-order valence-corrected chi connectivity index (χ1v) is 11.0. The molecular formula is C20H38IN5S. The van der Waals surface area contributed by atoms with Gasteiger partial charge in [-0.05, 0) is 37.9 Å². The smallest absolute Gasteiger partial charge is 0.191 e. The van der Waals surface area contributed by atoms with E-state index in [4.69, 9.17) is 4.99 Å². The second-order valence-corrected chi connectivity index (χ2v) is 8.39. The Labute approximate surface area is 187 Å². The van der Waals surface area contributed by atoms with Gasteiger partial charge in [-0.25, -0.2) is 4.99 Å². The summed E-state index contributed by atoms with van der Waals surface area (Å²) in [5.74, 6) is 1.54. The van der Waals surface area contributed by atoms with E-state index in [-0.39, 0.29) is 24.0 Å². The van der Waals surface area contributed by atoms with Gasteiger partial charge in [-0.1, -0.05) is 20.8 Å². The normalized spacial score (nSPS) is 17.4. The van der Waals surface area contributed by atoms with Crippen LogP contribution in [-0.2, 0) is 13.0 Å². The quantitative estimate of drug-likeness (QED) is 0.306. The number of hydrogen-bond donors (Lipinski definition) is 2. The van der Waals surface area contributed by atoms with Gasteiger partial charge in [0.05, 0.1) is 6.54 Å². The zero-order valence-corrected chi connectivity index (χ0v) is 20.6. The molecule has 1 saturated heterocycles. The molecule has 0 amide bonds. The molecule has 2 heterocycles. The number of aliphatic imine (C=N–C) groups is 1. The molecule has 0 aromatic carbocycles. The number of piperazine rings is 1. The molecule has 1 aromatic rings. The van der Waals surface area contributed by atoms with Crippen molar-refractivity contribution < 1.29 is 0 Å². The Kier molecular flexibility index (Phi) is 12.5. The van der Waals surface area contributed by atoms with Crippen molar-refractivity contribution in [1.82, 2.24) is 20.4 Å². The molecule has 2 rings (SSSR count). The van der Waals surface area contributed by atoms with E-state index in [0.717, 1.165) is 38.6 Å². The number of halogens is 1.